The van der Waals surface area contributed by atoms with E-state index in [0.717, 1.165) is 6.42 Å². The first-order valence-electron chi connectivity index (χ1n) is 11.1. The molecule has 0 saturated carbocycles. The number of nitrogens with one attached hydrogen (secondary N) is 1. The summed E-state index contributed by atoms with van der Waals surface area (Å²) in [7, 11) is 0. The molecule has 0 unspecified atom stereocenters. The third kappa shape index (κ3) is 5.93. The Labute approximate surface area is 186 Å². The second kappa shape index (κ2) is 10.9. The number of aromatic nitrogens is 2. The summed E-state index contributed by atoms with van der Waals surface area (Å²) in [4.78, 5) is 38.1. The third-order valence-electron chi connectivity index (χ3n) is 5.44. The van der Waals surface area contributed by atoms with Gasteiger partial charge in [0.2, 0.25) is 5.91 Å². The van der Waals surface area contributed by atoms with Crippen LogP contribution >= 0.6 is 0 Å². The van der Waals surface area contributed by atoms with E-state index >= 15 is 0 Å². The maximum Gasteiger partial charge on any atom is 0.331 e. The molecule has 7 heteroatoms. The first kappa shape index (κ1) is 23.4. The molecule has 0 spiro atoms. The molecular weight excluding hydrogens is 409 g/mol. The molecule has 6 nitrogen and oxygen atoms in total. The topological polar surface area (TPSA) is 73.1 Å². The van der Waals surface area contributed by atoms with E-state index in [2.05, 4.69) is 19.2 Å². The molecule has 1 N–H and O–H groups in total. The minimum atomic E-state index is -0.431. The number of carbonyl (C=O) groups excluding carboxylic acids is 1. The Hall–Kier alpha value is -3.22. The molecule has 0 radical (unpaired) electrons. The maximum atomic E-state index is 13.6. The van der Waals surface area contributed by atoms with Gasteiger partial charge in [0.05, 0.1) is 17.4 Å². The highest BCUT2D eigenvalue weighted by molar-refractivity contribution is 5.78. The lowest BCUT2D eigenvalue weighted by molar-refractivity contribution is -0.121. The van der Waals surface area contributed by atoms with Crippen LogP contribution < -0.4 is 16.6 Å². The zero-order valence-electron chi connectivity index (χ0n) is 18.6. The largest absolute Gasteiger partial charge is 0.356 e. The first-order chi connectivity index (χ1) is 15.4. The molecule has 0 atom stereocenters. The molecule has 170 valence electrons. The number of rotatable bonds is 10. The highest BCUT2D eigenvalue weighted by Gasteiger charge is 2.13. The van der Waals surface area contributed by atoms with E-state index in [-0.39, 0.29) is 30.4 Å². The van der Waals surface area contributed by atoms with Gasteiger partial charge in [-0.15, -0.1) is 0 Å². The van der Waals surface area contributed by atoms with E-state index in [1.54, 1.807) is 36.4 Å². The summed E-state index contributed by atoms with van der Waals surface area (Å²) in [5.41, 5.74) is 0.384. The zero-order valence-corrected chi connectivity index (χ0v) is 18.6. The van der Waals surface area contributed by atoms with Gasteiger partial charge in [-0.25, -0.2) is 9.18 Å². The number of benzene rings is 2. The van der Waals surface area contributed by atoms with Crippen LogP contribution in [0.5, 0.6) is 0 Å². The Morgan fingerprint density at radius 1 is 1.03 bits per heavy atom. The average Bonchev–Trinajstić information content (AvgIpc) is 2.76. The molecule has 0 aliphatic rings. The lowest BCUT2D eigenvalue weighted by Crippen LogP contribution is -2.40. The number of fused-ring (bicyclic) bond motifs is 1. The lowest BCUT2D eigenvalue weighted by Gasteiger charge is -2.14. The van der Waals surface area contributed by atoms with Gasteiger partial charge in [0.1, 0.15) is 5.82 Å². The van der Waals surface area contributed by atoms with Crippen LogP contribution in [0.2, 0.25) is 0 Å². The second-order valence-corrected chi connectivity index (χ2v) is 8.46. The molecule has 1 amide bonds. The van der Waals surface area contributed by atoms with E-state index in [1.165, 1.54) is 21.3 Å². The molecule has 1 aromatic heterocycles. The highest BCUT2D eigenvalue weighted by Crippen LogP contribution is 2.12. The van der Waals surface area contributed by atoms with Crippen molar-refractivity contribution in [2.75, 3.05) is 6.54 Å². The van der Waals surface area contributed by atoms with Gasteiger partial charge >= 0.3 is 5.69 Å². The van der Waals surface area contributed by atoms with Crippen molar-refractivity contribution < 1.29 is 9.18 Å². The van der Waals surface area contributed by atoms with E-state index in [9.17, 15) is 18.8 Å². The minimum Gasteiger partial charge on any atom is -0.356 e. The Morgan fingerprint density at radius 2 is 1.81 bits per heavy atom. The van der Waals surface area contributed by atoms with Crippen molar-refractivity contribution in [1.29, 1.82) is 0 Å². The summed E-state index contributed by atoms with van der Waals surface area (Å²) >= 11 is 0. The number of unbranched alkanes of at least 4 members (excludes halogenated alkanes) is 1. The van der Waals surface area contributed by atoms with Crippen molar-refractivity contribution in [2.45, 2.75) is 52.6 Å². The summed E-state index contributed by atoms with van der Waals surface area (Å²) in [5.74, 6) is 0.143. The lowest BCUT2D eigenvalue weighted by atomic mass is 10.1. The Kier molecular flexibility index (Phi) is 7.98. The van der Waals surface area contributed by atoms with Crippen molar-refractivity contribution in [3.8, 4) is 0 Å². The van der Waals surface area contributed by atoms with Gasteiger partial charge in [0, 0.05) is 19.5 Å². The molecule has 3 rings (SSSR count). The van der Waals surface area contributed by atoms with Gasteiger partial charge in [-0.3, -0.25) is 18.7 Å². The van der Waals surface area contributed by atoms with Gasteiger partial charge < -0.3 is 5.32 Å². The Balaban J connectivity index is 1.76. The Morgan fingerprint density at radius 3 is 2.56 bits per heavy atom. The molecular formula is C25H30FN3O3. The number of para-hydroxylation sites is 1. The van der Waals surface area contributed by atoms with Gasteiger partial charge in [-0.1, -0.05) is 38.1 Å². The highest BCUT2D eigenvalue weighted by atomic mass is 19.1. The van der Waals surface area contributed by atoms with Gasteiger partial charge in [0.15, 0.2) is 0 Å². The minimum absolute atomic E-state index is 0.0139. The maximum absolute atomic E-state index is 13.6. The molecule has 3 aromatic rings. The number of hydrogen-bond donors (Lipinski definition) is 1. The summed E-state index contributed by atoms with van der Waals surface area (Å²) < 4.78 is 16.4. The summed E-state index contributed by atoms with van der Waals surface area (Å²) in [6.45, 7) is 5.26. The van der Waals surface area contributed by atoms with Crippen molar-refractivity contribution >= 4 is 16.8 Å². The Bertz CT molecular complexity index is 1200. The summed E-state index contributed by atoms with van der Waals surface area (Å²) in [6.07, 6.45) is 2.40. The molecule has 1 heterocycles. The fourth-order valence-corrected chi connectivity index (χ4v) is 3.68. The fourth-order valence-electron chi connectivity index (χ4n) is 3.68. The van der Waals surface area contributed by atoms with Crippen molar-refractivity contribution in [1.82, 2.24) is 14.5 Å². The van der Waals surface area contributed by atoms with Crippen LogP contribution in [-0.2, 0) is 17.9 Å². The molecule has 32 heavy (non-hydrogen) atoms. The van der Waals surface area contributed by atoms with E-state index in [1.807, 2.05) is 0 Å². The first-order valence-corrected chi connectivity index (χ1v) is 11.1. The van der Waals surface area contributed by atoms with Crippen LogP contribution in [0, 0.1) is 11.7 Å². The molecule has 0 fully saturated rings. The molecule has 2 aromatic carbocycles. The summed E-state index contributed by atoms with van der Waals surface area (Å²) in [6, 6.07) is 13.0. The third-order valence-corrected chi connectivity index (χ3v) is 5.44. The number of amides is 1. The van der Waals surface area contributed by atoms with E-state index in [4.69, 9.17) is 0 Å². The van der Waals surface area contributed by atoms with Crippen molar-refractivity contribution in [3.05, 3.63) is 80.7 Å². The molecule has 0 aliphatic carbocycles. The van der Waals surface area contributed by atoms with Crippen LogP contribution in [0.4, 0.5) is 4.39 Å². The number of carbonyl (C=O) groups is 1. The predicted molar refractivity (Wildman–Crippen MR) is 124 cm³/mol. The van der Waals surface area contributed by atoms with E-state index in [0.29, 0.717) is 48.2 Å². The van der Waals surface area contributed by atoms with Gasteiger partial charge in [0.25, 0.3) is 5.56 Å². The number of hydrogen-bond acceptors (Lipinski definition) is 3. The molecule has 0 aliphatic heterocycles. The predicted octanol–water partition coefficient (Wildman–Crippen LogP) is 3.68. The van der Waals surface area contributed by atoms with Crippen molar-refractivity contribution in [3.63, 3.8) is 0 Å². The van der Waals surface area contributed by atoms with Crippen LogP contribution in [0.15, 0.2) is 58.1 Å². The molecule has 0 saturated heterocycles. The van der Waals surface area contributed by atoms with Crippen LogP contribution in [0.3, 0.4) is 0 Å². The van der Waals surface area contributed by atoms with E-state index < -0.39 is 5.69 Å². The SMILES string of the molecule is CC(C)CCNC(=O)CCCCn1c(=O)c2ccccc2n(Cc2cccc(F)c2)c1=O. The van der Waals surface area contributed by atoms with Crippen molar-refractivity contribution in [2.24, 2.45) is 5.92 Å². The monoisotopic (exact) mass is 439 g/mol. The fraction of sp³-hybridized carbons (Fsp3) is 0.400. The quantitative estimate of drug-likeness (QED) is 0.490. The number of halogens is 1. The summed E-state index contributed by atoms with van der Waals surface area (Å²) in [5, 5.41) is 3.34. The van der Waals surface area contributed by atoms with Crippen LogP contribution in [0.25, 0.3) is 10.9 Å². The number of nitrogens with zero attached hydrogens (tertiary/aromatic N) is 2. The average molecular weight is 440 g/mol. The van der Waals surface area contributed by atoms with Crippen LogP contribution in [0.1, 0.15) is 45.1 Å². The van der Waals surface area contributed by atoms with Gasteiger partial charge in [-0.05, 0) is 55.0 Å². The normalized spacial score (nSPS) is 11.2. The second-order valence-electron chi connectivity index (χ2n) is 8.46. The van der Waals surface area contributed by atoms with Crippen LogP contribution in [-0.4, -0.2) is 21.6 Å². The molecule has 0 bridgehead atoms. The standard InChI is InChI=1S/C25H30FN3O3/c1-18(2)13-14-27-23(30)12-5-6-15-28-24(31)21-10-3-4-11-22(21)29(25(28)32)17-19-8-7-9-20(26)16-19/h3-4,7-11,16,18H,5-6,12-15,17H2,1-2H3,(H,27,30). The zero-order chi connectivity index (χ0) is 23.1. The van der Waals surface area contributed by atoms with Gasteiger partial charge in [-0.2, -0.15) is 0 Å². The smallest absolute Gasteiger partial charge is 0.331 e.